The third kappa shape index (κ3) is 3.41. The summed E-state index contributed by atoms with van der Waals surface area (Å²) in [4.78, 5) is 11.7. The fourth-order valence-electron chi connectivity index (χ4n) is 2.74. The van der Waals surface area contributed by atoms with Gasteiger partial charge in [0.15, 0.2) is 0 Å². The second-order valence-corrected chi connectivity index (χ2v) is 5.61. The average Bonchev–Trinajstić information content (AvgIpc) is 2.87. The van der Waals surface area contributed by atoms with Crippen molar-refractivity contribution in [3.63, 3.8) is 0 Å². The highest BCUT2D eigenvalue weighted by Gasteiger charge is 2.23. The Bertz CT molecular complexity index is 461. The molecule has 104 valence electrons. The Kier molecular flexibility index (Phi) is 4.70. The van der Waals surface area contributed by atoms with Crippen molar-refractivity contribution in [2.24, 2.45) is 5.92 Å². The van der Waals surface area contributed by atoms with Crippen LogP contribution in [0.2, 0.25) is 5.02 Å². The predicted molar refractivity (Wildman–Crippen MR) is 79.9 cm³/mol. The van der Waals surface area contributed by atoms with E-state index >= 15 is 0 Å². The Labute approximate surface area is 119 Å². The van der Waals surface area contributed by atoms with E-state index in [4.69, 9.17) is 11.6 Å². The molecular weight excluding hydrogens is 260 g/mol. The number of halogens is 1. The smallest absolute Gasteiger partial charge is 0.252 e. The van der Waals surface area contributed by atoms with Crippen LogP contribution in [-0.4, -0.2) is 19.0 Å². The standard InChI is InChI=1S/C15H21ClN2O/c1-3-10-4-5-11(8-10)18-12-6-7-14(16)13(9-12)15(19)17-2/h6-7,9-11,18H,3-5,8H2,1-2H3,(H,17,19). The van der Waals surface area contributed by atoms with Crippen LogP contribution in [0.4, 0.5) is 5.69 Å². The molecule has 2 unspecified atom stereocenters. The molecule has 1 saturated carbocycles. The maximum absolute atomic E-state index is 11.7. The molecule has 0 saturated heterocycles. The summed E-state index contributed by atoms with van der Waals surface area (Å²) in [6, 6.07) is 6.07. The molecule has 4 heteroatoms. The Morgan fingerprint density at radius 2 is 2.21 bits per heavy atom. The van der Waals surface area contributed by atoms with Crippen LogP contribution in [0.25, 0.3) is 0 Å². The average molecular weight is 281 g/mol. The molecule has 0 bridgehead atoms. The third-order valence-corrected chi connectivity index (χ3v) is 4.26. The molecule has 2 N–H and O–H groups in total. The lowest BCUT2D eigenvalue weighted by molar-refractivity contribution is 0.0963. The van der Waals surface area contributed by atoms with E-state index in [1.165, 1.54) is 25.7 Å². The van der Waals surface area contributed by atoms with Gasteiger partial charge in [0.25, 0.3) is 5.91 Å². The summed E-state index contributed by atoms with van der Waals surface area (Å²) in [5.74, 6) is 0.690. The zero-order chi connectivity index (χ0) is 13.8. The first-order valence-electron chi connectivity index (χ1n) is 6.92. The number of amides is 1. The van der Waals surface area contributed by atoms with Gasteiger partial charge >= 0.3 is 0 Å². The van der Waals surface area contributed by atoms with Crippen molar-refractivity contribution in [2.45, 2.75) is 38.6 Å². The van der Waals surface area contributed by atoms with Crippen LogP contribution in [-0.2, 0) is 0 Å². The van der Waals surface area contributed by atoms with E-state index in [9.17, 15) is 4.79 Å². The zero-order valence-corrected chi connectivity index (χ0v) is 12.3. The summed E-state index contributed by atoms with van der Waals surface area (Å²) in [5.41, 5.74) is 1.50. The third-order valence-electron chi connectivity index (χ3n) is 3.93. The Balaban J connectivity index is 2.07. The summed E-state index contributed by atoms with van der Waals surface area (Å²) in [6.07, 6.45) is 4.97. The van der Waals surface area contributed by atoms with Crippen molar-refractivity contribution in [1.82, 2.24) is 5.32 Å². The van der Waals surface area contributed by atoms with E-state index in [0.29, 0.717) is 16.6 Å². The van der Waals surface area contributed by atoms with E-state index in [1.54, 1.807) is 13.1 Å². The SMILES string of the molecule is CCC1CCC(Nc2ccc(Cl)c(C(=O)NC)c2)C1. The highest BCUT2D eigenvalue weighted by Crippen LogP contribution is 2.31. The lowest BCUT2D eigenvalue weighted by Gasteiger charge is -2.15. The molecule has 1 aromatic carbocycles. The summed E-state index contributed by atoms with van der Waals surface area (Å²) < 4.78 is 0. The Hall–Kier alpha value is -1.22. The normalized spacial score (nSPS) is 22.3. The summed E-state index contributed by atoms with van der Waals surface area (Å²) in [5, 5.41) is 6.61. The van der Waals surface area contributed by atoms with Crippen molar-refractivity contribution < 1.29 is 4.79 Å². The van der Waals surface area contributed by atoms with Crippen molar-refractivity contribution in [2.75, 3.05) is 12.4 Å². The largest absolute Gasteiger partial charge is 0.382 e. The molecule has 0 heterocycles. The molecule has 2 rings (SSSR count). The molecule has 0 radical (unpaired) electrons. The molecular formula is C15H21ClN2O. The molecule has 1 fully saturated rings. The van der Waals surface area contributed by atoms with Gasteiger partial charge < -0.3 is 10.6 Å². The second-order valence-electron chi connectivity index (χ2n) is 5.20. The lowest BCUT2D eigenvalue weighted by Crippen LogP contribution is -2.19. The van der Waals surface area contributed by atoms with E-state index in [0.717, 1.165) is 11.6 Å². The van der Waals surface area contributed by atoms with Gasteiger partial charge in [0.1, 0.15) is 0 Å². The van der Waals surface area contributed by atoms with E-state index in [1.807, 2.05) is 12.1 Å². The van der Waals surface area contributed by atoms with Gasteiger partial charge in [-0.25, -0.2) is 0 Å². The van der Waals surface area contributed by atoms with Gasteiger partial charge in [0.05, 0.1) is 10.6 Å². The maximum atomic E-state index is 11.7. The van der Waals surface area contributed by atoms with Gasteiger partial charge in [0.2, 0.25) is 0 Å². The minimum absolute atomic E-state index is 0.147. The number of carbonyl (C=O) groups is 1. The van der Waals surface area contributed by atoms with E-state index < -0.39 is 0 Å². The molecule has 1 amide bonds. The Morgan fingerprint density at radius 1 is 1.42 bits per heavy atom. The summed E-state index contributed by atoms with van der Waals surface area (Å²) >= 11 is 6.04. The van der Waals surface area contributed by atoms with E-state index in [-0.39, 0.29) is 5.91 Å². The minimum atomic E-state index is -0.147. The van der Waals surface area contributed by atoms with Crippen LogP contribution in [0.5, 0.6) is 0 Å². The van der Waals surface area contributed by atoms with Gasteiger partial charge in [-0.2, -0.15) is 0 Å². The van der Waals surface area contributed by atoms with Crippen molar-refractivity contribution >= 4 is 23.2 Å². The number of hydrogen-bond acceptors (Lipinski definition) is 2. The first kappa shape index (κ1) is 14.2. The number of hydrogen-bond donors (Lipinski definition) is 2. The molecule has 0 aromatic heterocycles. The number of nitrogens with one attached hydrogen (secondary N) is 2. The van der Waals surface area contributed by atoms with Crippen molar-refractivity contribution in [3.05, 3.63) is 28.8 Å². The van der Waals surface area contributed by atoms with Crippen molar-refractivity contribution in [3.8, 4) is 0 Å². The van der Waals surface area contributed by atoms with Crippen LogP contribution < -0.4 is 10.6 Å². The fourth-order valence-corrected chi connectivity index (χ4v) is 2.94. The number of carbonyl (C=O) groups excluding carboxylic acids is 1. The first-order valence-corrected chi connectivity index (χ1v) is 7.30. The molecule has 19 heavy (non-hydrogen) atoms. The number of rotatable bonds is 4. The minimum Gasteiger partial charge on any atom is -0.382 e. The molecule has 1 aromatic rings. The fraction of sp³-hybridized carbons (Fsp3) is 0.533. The highest BCUT2D eigenvalue weighted by molar-refractivity contribution is 6.34. The topological polar surface area (TPSA) is 41.1 Å². The van der Waals surface area contributed by atoms with Gasteiger partial charge in [-0.1, -0.05) is 24.9 Å². The van der Waals surface area contributed by atoms with Gasteiger partial charge in [-0.05, 0) is 43.4 Å². The summed E-state index contributed by atoms with van der Waals surface area (Å²) in [7, 11) is 1.61. The van der Waals surface area contributed by atoms with Gasteiger partial charge in [-0.15, -0.1) is 0 Å². The predicted octanol–water partition coefficient (Wildman–Crippen LogP) is 3.69. The quantitative estimate of drug-likeness (QED) is 0.883. The number of anilines is 1. The molecule has 1 aliphatic rings. The van der Waals surface area contributed by atoms with Gasteiger partial charge in [-0.3, -0.25) is 4.79 Å². The Morgan fingerprint density at radius 3 is 2.84 bits per heavy atom. The molecule has 1 aliphatic carbocycles. The molecule has 0 aliphatic heterocycles. The van der Waals surface area contributed by atoms with Crippen LogP contribution in [0.3, 0.4) is 0 Å². The second kappa shape index (κ2) is 6.29. The molecule has 0 spiro atoms. The highest BCUT2D eigenvalue weighted by atomic mass is 35.5. The van der Waals surface area contributed by atoms with Crippen LogP contribution in [0, 0.1) is 5.92 Å². The zero-order valence-electron chi connectivity index (χ0n) is 11.5. The van der Waals surface area contributed by atoms with Crippen molar-refractivity contribution in [1.29, 1.82) is 0 Å². The lowest BCUT2D eigenvalue weighted by atomic mass is 10.1. The maximum Gasteiger partial charge on any atom is 0.252 e. The van der Waals surface area contributed by atoms with Crippen LogP contribution in [0.15, 0.2) is 18.2 Å². The molecule has 2 atom stereocenters. The summed E-state index contributed by atoms with van der Waals surface area (Å²) in [6.45, 7) is 2.25. The van der Waals surface area contributed by atoms with E-state index in [2.05, 4.69) is 17.6 Å². The molecule has 3 nitrogen and oxygen atoms in total. The van der Waals surface area contributed by atoms with Crippen LogP contribution in [0.1, 0.15) is 43.0 Å². The monoisotopic (exact) mass is 280 g/mol. The van der Waals surface area contributed by atoms with Crippen LogP contribution >= 0.6 is 11.6 Å². The first-order chi connectivity index (χ1) is 9.13. The number of benzene rings is 1. The van der Waals surface area contributed by atoms with Gasteiger partial charge in [0, 0.05) is 18.8 Å².